The molecule has 0 spiro atoms. The van der Waals surface area contributed by atoms with Gasteiger partial charge in [0, 0.05) is 18.1 Å². The molecule has 2 heterocycles. The summed E-state index contributed by atoms with van der Waals surface area (Å²) in [5.41, 5.74) is 1.78. The second-order valence-corrected chi connectivity index (χ2v) is 8.49. The number of aromatic nitrogens is 4. The molecule has 160 valence electrons. The Morgan fingerprint density at radius 2 is 1.90 bits per heavy atom. The minimum Gasteiger partial charge on any atom is -0.355 e. The first-order valence-electron chi connectivity index (χ1n) is 10.1. The van der Waals surface area contributed by atoms with Gasteiger partial charge in [0.15, 0.2) is 5.16 Å². The van der Waals surface area contributed by atoms with Crippen LogP contribution in [0.1, 0.15) is 18.9 Å². The van der Waals surface area contributed by atoms with Gasteiger partial charge in [-0.15, -0.1) is 10.2 Å². The van der Waals surface area contributed by atoms with Gasteiger partial charge < -0.3 is 5.32 Å². The summed E-state index contributed by atoms with van der Waals surface area (Å²) in [5.74, 6) is 0.626. The molecule has 1 N–H and O–H groups in total. The number of benzene rings is 2. The predicted molar refractivity (Wildman–Crippen MR) is 124 cm³/mol. The number of nitrogens with zero attached hydrogens (tertiary/aromatic N) is 4. The molecule has 0 atom stereocenters. The van der Waals surface area contributed by atoms with E-state index in [2.05, 4.69) is 15.5 Å². The third-order valence-electron chi connectivity index (χ3n) is 4.91. The van der Waals surface area contributed by atoms with Crippen molar-refractivity contribution in [1.29, 1.82) is 0 Å². The van der Waals surface area contributed by atoms with Crippen molar-refractivity contribution in [2.45, 2.75) is 31.5 Å². The number of nitrogens with one attached hydrogen (secondary N) is 1. The van der Waals surface area contributed by atoms with Crippen molar-refractivity contribution in [3.63, 3.8) is 0 Å². The number of aryl methyl sites for hydroxylation is 1. The molecule has 0 radical (unpaired) electrons. The van der Waals surface area contributed by atoms with Crippen molar-refractivity contribution < 1.29 is 4.79 Å². The van der Waals surface area contributed by atoms with Crippen LogP contribution in [0.5, 0.6) is 0 Å². The summed E-state index contributed by atoms with van der Waals surface area (Å²) in [7, 11) is 0. The Hall–Kier alpha value is -2.84. The second kappa shape index (κ2) is 9.53. The van der Waals surface area contributed by atoms with E-state index in [1.807, 2.05) is 53.8 Å². The Labute approximate surface area is 188 Å². The molecule has 0 aliphatic heterocycles. The van der Waals surface area contributed by atoms with Gasteiger partial charge in [0.2, 0.25) is 11.7 Å². The van der Waals surface area contributed by atoms with Gasteiger partial charge in [-0.2, -0.15) is 0 Å². The van der Waals surface area contributed by atoms with Crippen molar-refractivity contribution in [2.75, 3.05) is 12.3 Å². The Morgan fingerprint density at radius 3 is 2.68 bits per heavy atom. The van der Waals surface area contributed by atoms with Gasteiger partial charge in [-0.05, 0) is 42.7 Å². The predicted octanol–water partition coefficient (Wildman–Crippen LogP) is 3.56. The molecule has 0 bridgehead atoms. The van der Waals surface area contributed by atoms with Crippen molar-refractivity contribution in [3.05, 3.63) is 69.5 Å². The number of rotatable bonds is 8. The van der Waals surface area contributed by atoms with Gasteiger partial charge >= 0.3 is 0 Å². The maximum atomic E-state index is 12.9. The van der Waals surface area contributed by atoms with Crippen LogP contribution in [0.25, 0.3) is 16.7 Å². The van der Waals surface area contributed by atoms with Crippen LogP contribution in [-0.2, 0) is 17.8 Å². The maximum absolute atomic E-state index is 12.9. The standard InChI is InChI=1S/C22H22ClN5O2S/c1-2-13-27-20(30)17-5-3-4-6-18(17)28-21(27)25-26-22(28)31-14-19(29)24-12-11-15-7-9-16(23)10-8-15/h3-10H,2,11-14H2,1H3,(H,24,29). The quantitative estimate of drug-likeness (QED) is 0.411. The monoisotopic (exact) mass is 455 g/mol. The number of hydrogen-bond donors (Lipinski definition) is 1. The first-order chi connectivity index (χ1) is 15.1. The number of halogens is 1. The largest absolute Gasteiger partial charge is 0.355 e. The lowest BCUT2D eigenvalue weighted by Crippen LogP contribution is -2.27. The van der Waals surface area contributed by atoms with Gasteiger partial charge in [-0.3, -0.25) is 18.6 Å². The smallest absolute Gasteiger partial charge is 0.262 e. The van der Waals surface area contributed by atoms with Crippen LogP contribution in [-0.4, -0.2) is 37.4 Å². The lowest BCUT2D eigenvalue weighted by atomic mass is 10.1. The molecular weight excluding hydrogens is 434 g/mol. The fraction of sp³-hybridized carbons (Fsp3) is 0.273. The lowest BCUT2D eigenvalue weighted by molar-refractivity contribution is -0.118. The number of fused-ring (bicyclic) bond motifs is 3. The van der Waals surface area contributed by atoms with Crippen LogP contribution in [0.3, 0.4) is 0 Å². The number of amides is 1. The minimum absolute atomic E-state index is 0.0751. The number of thioether (sulfide) groups is 1. The van der Waals surface area contributed by atoms with Crippen LogP contribution in [0.4, 0.5) is 0 Å². The fourth-order valence-corrected chi connectivity index (χ4v) is 4.33. The summed E-state index contributed by atoms with van der Waals surface area (Å²) in [4.78, 5) is 25.2. The molecule has 4 aromatic rings. The molecule has 0 saturated heterocycles. The molecule has 7 nitrogen and oxygen atoms in total. The summed E-state index contributed by atoms with van der Waals surface area (Å²) in [6, 6.07) is 15.0. The van der Waals surface area contributed by atoms with Gasteiger partial charge in [-0.25, -0.2) is 0 Å². The molecule has 2 aromatic heterocycles. The van der Waals surface area contributed by atoms with E-state index in [1.54, 1.807) is 10.6 Å². The molecule has 0 aliphatic rings. The van der Waals surface area contributed by atoms with Gasteiger partial charge in [0.1, 0.15) is 0 Å². The maximum Gasteiger partial charge on any atom is 0.262 e. The van der Waals surface area contributed by atoms with E-state index >= 15 is 0 Å². The van der Waals surface area contributed by atoms with Crippen LogP contribution < -0.4 is 10.9 Å². The van der Waals surface area contributed by atoms with Crippen molar-refractivity contribution >= 4 is 46.0 Å². The summed E-state index contributed by atoms with van der Waals surface area (Å²) in [6.45, 7) is 3.11. The number of carbonyl (C=O) groups excluding carboxylic acids is 1. The van der Waals surface area contributed by atoms with Crippen LogP contribution in [0.2, 0.25) is 5.02 Å². The van der Waals surface area contributed by atoms with E-state index in [1.165, 1.54) is 11.8 Å². The summed E-state index contributed by atoms with van der Waals surface area (Å²) in [5, 5.41) is 13.3. The molecule has 1 amide bonds. The molecule has 9 heteroatoms. The number of para-hydroxylation sites is 1. The number of carbonyl (C=O) groups is 1. The lowest BCUT2D eigenvalue weighted by Gasteiger charge is -2.10. The van der Waals surface area contributed by atoms with Crippen molar-refractivity contribution in [2.24, 2.45) is 0 Å². The van der Waals surface area contributed by atoms with Crippen LogP contribution >= 0.6 is 23.4 Å². The minimum atomic E-state index is -0.0816. The molecule has 0 unspecified atom stereocenters. The SMILES string of the molecule is CCCn1c(=O)c2ccccc2n2c(SCC(=O)NCCc3ccc(Cl)cc3)nnc12. The highest BCUT2D eigenvalue weighted by atomic mass is 35.5. The zero-order valence-electron chi connectivity index (χ0n) is 17.0. The Kier molecular flexibility index (Phi) is 6.58. The fourth-order valence-electron chi connectivity index (χ4n) is 3.43. The third kappa shape index (κ3) is 4.60. The topological polar surface area (TPSA) is 81.3 Å². The Bertz CT molecular complexity index is 1280. The Morgan fingerprint density at radius 1 is 1.13 bits per heavy atom. The van der Waals surface area contributed by atoms with E-state index in [-0.39, 0.29) is 17.2 Å². The van der Waals surface area contributed by atoms with Gasteiger partial charge in [-0.1, -0.05) is 54.6 Å². The van der Waals surface area contributed by atoms with E-state index < -0.39 is 0 Å². The summed E-state index contributed by atoms with van der Waals surface area (Å²) in [6.07, 6.45) is 1.54. The number of hydrogen-bond acceptors (Lipinski definition) is 5. The Balaban J connectivity index is 1.49. The van der Waals surface area contributed by atoms with E-state index in [4.69, 9.17) is 11.6 Å². The van der Waals surface area contributed by atoms with Gasteiger partial charge in [0.05, 0.1) is 16.7 Å². The highest BCUT2D eigenvalue weighted by Crippen LogP contribution is 2.21. The average molecular weight is 456 g/mol. The highest BCUT2D eigenvalue weighted by molar-refractivity contribution is 7.99. The van der Waals surface area contributed by atoms with Crippen molar-refractivity contribution in [3.8, 4) is 0 Å². The molecule has 0 fully saturated rings. The van der Waals surface area contributed by atoms with Gasteiger partial charge in [0.25, 0.3) is 5.56 Å². The molecule has 2 aromatic carbocycles. The van der Waals surface area contributed by atoms with E-state index in [9.17, 15) is 9.59 Å². The molecular formula is C22H22ClN5O2S. The van der Waals surface area contributed by atoms with Crippen LogP contribution in [0.15, 0.2) is 58.5 Å². The van der Waals surface area contributed by atoms with Crippen LogP contribution in [0, 0.1) is 0 Å². The zero-order valence-corrected chi connectivity index (χ0v) is 18.6. The highest BCUT2D eigenvalue weighted by Gasteiger charge is 2.17. The molecule has 4 rings (SSSR count). The molecule has 31 heavy (non-hydrogen) atoms. The summed E-state index contributed by atoms with van der Waals surface area (Å²) < 4.78 is 3.50. The molecule has 0 aliphatic carbocycles. The zero-order chi connectivity index (χ0) is 21.8. The first-order valence-corrected chi connectivity index (χ1v) is 11.5. The average Bonchev–Trinajstić information content (AvgIpc) is 3.20. The normalized spacial score (nSPS) is 11.3. The first kappa shape index (κ1) is 21.4. The third-order valence-corrected chi connectivity index (χ3v) is 6.09. The van der Waals surface area contributed by atoms with E-state index in [0.717, 1.165) is 23.9 Å². The summed E-state index contributed by atoms with van der Waals surface area (Å²) >= 11 is 7.20. The van der Waals surface area contributed by atoms with E-state index in [0.29, 0.717) is 34.4 Å². The second-order valence-electron chi connectivity index (χ2n) is 7.11. The van der Waals surface area contributed by atoms with Crippen molar-refractivity contribution in [1.82, 2.24) is 24.5 Å². The molecule has 0 saturated carbocycles.